The predicted molar refractivity (Wildman–Crippen MR) is 97.6 cm³/mol. The van der Waals surface area contributed by atoms with E-state index in [4.69, 9.17) is 4.74 Å². The van der Waals surface area contributed by atoms with Crippen molar-refractivity contribution < 1.29 is 9.53 Å². The summed E-state index contributed by atoms with van der Waals surface area (Å²) < 4.78 is 5.39. The predicted octanol–water partition coefficient (Wildman–Crippen LogP) is 3.51. The molecule has 1 atom stereocenters. The Hall–Kier alpha value is -2.14. The SMILES string of the molecule is CCC(=O)Nc1ccc2c(N3CCC[C@@H]3COC)cc(C)nc2c1. The molecular weight excluding hydrogens is 302 g/mol. The van der Waals surface area contributed by atoms with Crippen molar-refractivity contribution in [1.82, 2.24) is 4.98 Å². The summed E-state index contributed by atoms with van der Waals surface area (Å²) in [7, 11) is 1.76. The Kier molecular flexibility index (Phi) is 5.00. The minimum atomic E-state index is 0.0157. The number of hydrogen-bond donors (Lipinski definition) is 1. The van der Waals surface area contributed by atoms with E-state index in [1.807, 2.05) is 26.0 Å². The van der Waals surface area contributed by atoms with Crippen LogP contribution in [0.3, 0.4) is 0 Å². The number of pyridine rings is 1. The van der Waals surface area contributed by atoms with Crippen molar-refractivity contribution in [3.8, 4) is 0 Å². The number of benzene rings is 1. The van der Waals surface area contributed by atoms with Gasteiger partial charge in [0.05, 0.1) is 18.2 Å². The number of carbonyl (C=O) groups is 1. The van der Waals surface area contributed by atoms with Crippen LogP contribution >= 0.6 is 0 Å². The van der Waals surface area contributed by atoms with Crippen LogP contribution in [-0.4, -0.2) is 37.2 Å². The van der Waals surface area contributed by atoms with Crippen LogP contribution in [0, 0.1) is 6.92 Å². The number of methoxy groups -OCH3 is 1. The molecule has 128 valence electrons. The number of hydrogen-bond acceptors (Lipinski definition) is 4. The molecule has 0 aliphatic carbocycles. The number of aromatic nitrogens is 1. The first-order valence-electron chi connectivity index (χ1n) is 8.59. The number of amides is 1. The van der Waals surface area contributed by atoms with Gasteiger partial charge in [-0.15, -0.1) is 0 Å². The molecule has 5 heteroatoms. The summed E-state index contributed by atoms with van der Waals surface area (Å²) in [6.07, 6.45) is 2.81. The third-order valence-electron chi connectivity index (χ3n) is 4.57. The molecule has 2 aromatic rings. The monoisotopic (exact) mass is 327 g/mol. The molecule has 1 aliphatic heterocycles. The highest BCUT2D eigenvalue weighted by atomic mass is 16.5. The first-order chi connectivity index (χ1) is 11.6. The lowest BCUT2D eigenvalue weighted by Crippen LogP contribution is -2.33. The number of nitrogens with zero attached hydrogens (tertiary/aromatic N) is 2. The summed E-state index contributed by atoms with van der Waals surface area (Å²) >= 11 is 0. The third-order valence-corrected chi connectivity index (χ3v) is 4.57. The molecule has 0 unspecified atom stereocenters. The molecule has 1 N–H and O–H groups in total. The van der Waals surface area contributed by atoms with Crippen molar-refractivity contribution in [1.29, 1.82) is 0 Å². The fraction of sp³-hybridized carbons (Fsp3) is 0.474. The summed E-state index contributed by atoms with van der Waals surface area (Å²) in [6.45, 7) is 5.65. The molecule has 0 bridgehead atoms. The van der Waals surface area contributed by atoms with E-state index in [9.17, 15) is 4.79 Å². The zero-order valence-electron chi connectivity index (χ0n) is 14.6. The molecule has 1 fully saturated rings. The van der Waals surface area contributed by atoms with Crippen molar-refractivity contribution >= 4 is 28.2 Å². The molecule has 1 amide bonds. The van der Waals surface area contributed by atoms with E-state index in [1.54, 1.807) is 7.11 Å². The Morgan fingerprint density at radius 1 is 1.42 bits per heavy atom. The van der Waals surface area contributed by atoms with Crippen molar-refractivity contribution in [2.75, 3.05) is 30.5 Å². The van der Waals surface area contributed by atoms with Crippen molar-refractivity contribution in [2.45, 2.75) is 39.2 Å². The number of fused-ring (bicyclic) bond motifs is 1. The lowest BCUT2D eigenvalue weighted by Gasteiger charge is -2.28. The van der Waals surface area contributed by atoms with E-state index in [0.29, 0.717) is 12.5 Å². The number of rotatable bonds is 5. The van der Waals surface area contributed by atoms with Gasteiger partial charge in [0.2, 0.25) is 5.91 Å². The summed E-state index contributed by atoms with van der Waals surface area (Å²) in [5, 5.41) is 4.03. The first-order valence-corrected chi connectivity index (χ1v) is 8.59. The largest absolute Gasteiger partial charge is 0.383 e. The Morgan fingerprint density at radius 3 is 3.00 bits per heavy atom. The lowest BCUT2D eigenvalue weighted by atomic mass is 10.1. The van der Waals surface area contributed by atoms with Gasteiger partial charge < -0.3 is 15.0 Å². The number of carbonyl (C=O) groups excluding carboxylic acids is 1. The van der Waals surface area contributed by atoms with E-state index in [2.05, 4.69) is 27.3 Å². The van der Waals surface area contributed by atoms with Crippen LogP contribution in [0.1, 0.15) is 31.9 Å². The molecular formula is C19H25N3O2. The Morgan fingerprint density at radius 2 is 2.25 bits per heavy atom. The van der Waals surface area contributed by atoms with Crippen molar-refractivity contribution in [3.05, 3.63) is 30.0 Å². The number of ether oxygens (including phenoxy) is 1. The first kappa shape index (κ1) is 16.7. The molecule has 1 aromatic carbocycles. The second-order valence-corrected chi connectivity index (χ2v) is 6.36. The van der Waals surface area contributed by atoms with Crippen LogP contribution in [0.5, 0.6) is 0 Å². The third kappa shape index (κ3) is 3.36. The van der Waals surface area contributed by atoms with Gasteiger partial charge in [0.25, 0.3) is 0 Å². The van der Waals surface area contributed by atoms with Gasteiger partial charge in [-0.3, -0.25) is 9.78 Å². The Bertz CT molecular complexity index is 745. The average Bonchev–Trinajstić information content (AvgIpc) is 3.02. The fourth-order valence-electron chi connectivity index (χ4n) is 3.42. The normalized spacial score (nSPS) is 17.5. The zero-order chi connectivity index (χ0) is 17.1. The zero-order valence-corrected chi connectivity index (χ0v) is 14.6. The maximum Gasteiger partial charge on any atom is 0.224 e. The fourth-order valence-corrected chi connectivity index (χ4v) is 3.42. The smallest absolute Gasteiger partial charge is 0.224 e. The van der Waals surface area contributed by atoms with Crippen LogP contribution in [0.4, 0.5) is 11.4 Å². The van der Waals surface area contributed by atoms with Crippen LogP contribution in [0.25, 0.3) is 10.9 Å². The van der Waals surface area contributed by atoms with Gasteiger partial charge in [-0.2, -0.15) is 0 Å². The van der Waals surface area contributed by atoms with Gasteiger partial charge in [0, 0.05) is 42.5 Å². The summed E-state index contributed by atoms with van der Waals surface area (Å²) in [6, 6.07) is 8.54. The van der Waals surface area contributed by atoms with Gasteiger partial charge >= 0.3 is 0 Å². The molecule has 0 radical (unpaired) electrons. The van der Waals surface area contributed by atoms with Gasteiger partial charge in [-0.25, -0.2) is 0 Å². The topological polar surface area (TPSA) is 54.5 Å². The highest BCUT2D eigenvalue weighted by Gasteiger charge is 2.26. The van der Waals surface area contributed by atoms with Gasteiger partial charge in [-0.05, 0) is 44.0 Å². The highest BCUT2D eigenvalue weighted by molar-refractivity contribution is 5.97. The quantitative estimate of drug-likeness (QED) is 0.913. The number of aryl methyl sites for hydroxylation is 1. The molecule has 3 rings (SSSR count). The molecule has 1 aromatic heterocycles. The van der Waals surface area contributed by atoms with Crippen LogP contribution < -0.4 is 10.2 Å². The van der Waals surface area contributed by atoms with E-state index >= 15 is 0 Å². The van der Waals surface area contributed by atoms with E-state index in [1.165, 1.54) is 12.1 Å². The second kappa shape index (κ2) is 7.18. The maximum absolute atomic E-state index is 11.6. The van der Waals surface area contributed by atoms with Gasteiger partial charge in [0.1, 0.15) is 0 Å². The molecule has 5 nitrogen and oxygen atoms in total. The van der Waals surface area contributed by atoms with Crippen LogP contribution in [-0.2, 0) is 9.53 Å². The lowest BCUT2D eigenvalue weighted by molar-refractivity contribution is -0.115. The highest BCUT2D eigenvalue weighted by Crippen LogP contribution is 2.33. The van der Waals surface area contributed by atoms with Crippen molar-refractivity contribution in [2.24, 2.45) is 0 Å². The average molecular weight is 327 g/mol. The van der Waals surface area contributed by atoms with Gasteiger partial charge in [-0.1, -0.05) is 6.92 Å². The van der Waals surface area contributed by atoms with Crippen molar-refractivity contribution in [3.63, 3.8) is 0 Å². The summed E-state index contributed by atoms with van der Waals surface area (Å²) in [5.74, 6) is 0.0157. The summed E-state index contributed by atoms with van der Waals surface area (Å²) in [5.41, 5.74) is 3.92. The minimum absolute atomic E-state index is 0.0157. The van der Waals surface area contributed by atoms with E-state index in [-0.39, 0.29) is 5.91 Å². The molecule has 1 aliphatic rings. The standard InChI is InChI=1S/C19H25N3O2/c1-4-19(23)21-14-7-8-16-17(11-14)20-13(2)10-18(16)22-9-5-6-15(22)12-24-3/h7-8,10-11,15H,4-6,9,12H2,1-3H3,(H,21,23)/t15-/m1/s1. The Balaban J connectivity index is 2.00. The second-order valence-electron chi connectivity index (χ2n) is 6.36. The molecule has 24 heavy (non-hydrogen) atoms. The summed E-state index contributed by atoms with van der Waals surface area (Å²) in [4.78, 5) is 18.7. The molecule has 0 spiro atoms. The molecule has 0 saturated carbocycles. The maximum atomic E-state index is 11.6. The van der Waals surface area contributed by atoms with E-state index in [0.717, 1.165) is 41.9 Å². The molecule has 2 heterocycles. The van der Waals surface area contributed by atoms with Crippen LogP contribution in [0.2, 0.25) is 0 Å². The van der Waals surface area contributed by atoms with Crippen LogP contribution in [0.15, 0.2) is 24.3 Å². The number of anilines is 2. The van der Waals surface area contributed by atoms with Gasteiger partial charge in [0.15, 0.2) is 0 Å². The van der Waals surface area contributed by atoms with E-state index < -0.39 is 0 Å². The minimum Gasteiger partial charge on any atom is -0.383 e. The molecule has 1 saturated heterocycles. The Labute approximate surface area is 143 Å². The number of nitrogens with one attached hydrogen (secondary N) is 1.